The van der Waals surface area contributed by atoms with E-state index in [0.717, 1.165) is 22.5 Å². The van der Waals surface area contributed by atoms with Gasteiger partial charge in [-0.05, 0) is 49.6 Å². The molecule has 1 unspecified atom stereocenters. The van der Waals surface area contributed by atoms with Gasteiger partial charge in [0.1, 0.15) is 5.75 Å². The quantitative estimate of drug-likeness (QED) is 0.794. The van der Waals surface area contributed by atoms with Crippen LogP contribution in [0.2, 0.25) is 0 Å². The predicted molar refractivity (Wildman–Crippen MR) is 72.9 cm³/mol. The van der Waals surface area contributed by atoms with Crippen LogP contribution < -0.4 is 4.74 Å². The fourth-order valence-corrected chi connectivity index (χ4v) is 2.23. The molecule has 0 amide bonds. The molecule has 2 nitrogen and oxygen atoms in total. The molecule has 0 saturated heterocycles. The van der Waals surface area contributed by atoms with Crippen molar-refractivity contribution in [1.82, 2.24) is 0 Å². The fourth-order valence-electron chi connectivity index (χ4n) is 2.23. The second-order valence-corrected chi connectivity index (χ2v) is 4.90. The lowest BCUT2D eigenvalue weighted by molar-refractivity contribution is -0.119. The topological polar surface area (TPSA) is 26.3 Å². The van der Waals surface area contributed by atoms with Crippen LogP contribution in [0.3, 0.4) is 0 Å². The van der Waals surface area contributed by atoms with Gasteiger partial charge in [0.25, 0.3) is 0 Å². The summed E-state index contributed by atoms with van der Waals surface area (Å²) in [4.78, 5) is 12.5. The summed E-state index contributed by atoms with van der Waals surface area (Å²) in [5, 5.41) is 0. The van der Waals surface area contributed by atoms with Gasteiger partial charge in [-0.3, -0.25) is 4.79 Å². The predicted octanol–water partition coefficient (Wildman–Crippen LogP) is 3.43. The molecule has 0 saturated carbocycles. The van der Waals surface area contributed by atoms with E-state index in [9.17, 15) is 4.79 Å². The van der Waals surface area contributed by atoms with Crippen LogP contribution in [0.1, 0.15) is 26.3 Å². The van der Waals surface area contributed by atoms with E-state index in [-0.39, 0.29) is 5.78 Å². The maximum atomic E-state index is 12.5. The van der Waals surface area contributed by atoms with Crippen molar-refractivity contribution in [3.63, 3.8) is 0 Å². The van der Waals surface area contributed by atoms with E-state index in [1.807, 2.05) is 57.2 Å². The monoisotopic (exact) mass is 242 g/mol. The molecule has 0 radical (unpaired) electrons. The summed E-state index contributed by atoms with van der Waals surface area (Å²) in [6, 6.07) is 7.69. The van der Waals surface area contributed by atoms with Crippen molar-refractivity contribution < 1.29 is 9.53 Å². The minimum atomic E-state index is -0.560. The Morgan fingerprint density at radius 1 is 1.11 bits per heavy atom. The van der Waals surface area contributed by atoms with Crippen molar-refractivity contribution in [1.29, 1.82) is 0 Å². The Labute approximate surface area is 108 Å². The van der Waals surface area contributed by atoms with Gasteiger partial charge in [0.15, 0.2) is 5.78 Å². The number of rotatable bonds is 2. The second-order valence-electron chi connectivity index (χ2n) is 4.90. The number of carbonyl (C=O) groups excluding carboxylic acids is 1. The number of Topliss-reactive ketones (excluding diaryl/α,β-unsaturated/α-hetero) is 1. The summed E-state index contributed by atoms with van der Waals surface area (Å²) >= 11 is 0. The Hall–Kier alpha value is -1.83. The van der Waals surface area contributed by atoms with E-state index < -0.39 is 5.41 Å². The zero-order valence-electron chi connectivity index (χ0n) is 11.3. The third-order valence-electron chi connectivity index (χ3n) is 3.76. The van der Waals surface area contributed by atoms with Gasteiger partial charge in [-0.1, -0.05) is 24.3 Å². The molecule has 94 valence electrons. The van der Waals surface area contributed by atoms with Crippen LogP contribution >= 0.6 is 0 Å². The molecule has 0 fully saturated rings. The first-order valence-electron chi connectivity index (χ1n) is 6.05. The van der Waals surface area contributed by atoms with Crippen LogP contribution in [0.15, 0.2) is 47.6 Å². The molecule has 0 aromatic heterocycles. The Morgan fingerprint density at radius 2 is 1.72 bits per heavy atom. The largest absolute Gasteiger partial charge is 0.497 e. The number of hydrogen-bond acceptors (Lipinski definition) is 2. The van der Waals surface area contributed by atoms with Gasteiger partial charge in [0, 0.05) is 0 Å². The number of carbonyl (C=O) groups is 1. The number of allylic oxidation sites excluding steroid dienone is 4. The average Bonchev–Trinajstić information content (AvgIpc) is 2.41. The highest BCUT2D eigenvalue weighted by atomic mass is 16.5. The van der Waals surface area contributed by atoms with Crippen LogP contribution in [0.25, 0.3) is 0 Å². The van der Waals surface area contributed by atoms with Crippen LogP contribution in [-0.4, -0.2) is 12.9 Å². The van der Waals surface area contributed by atoms with E-state index in [4.69, 9.17) is 4.74 Å². The molecular weight excluding hydrogens is 224 g/mol. The smallest absolute Gasteiger partial charge is 0.172 e. The fraction of sp³-hybridized carbons (Fsp3) is 0.312. The molecule has 0 heterocycles. The standard InChI is InChI=1S/C16H18O2/c1-11-9-10-16(3,15(17)12(11)2)13-5-7-14(18-4)8-6-13/h5-10H,1-4H3. The molecule has 18 heavy (non-hydrogen) atoms. The van der Waals surface area contributed by atoms with E-state index in [2.05, 4.69) is 0 Å². The number of hydrogen-bond donors (Lipinski definition) is 0. The van der Waals surface area contributed by atoms with Crippen molar-refractivity contribution in [3.8, 4) is 5.75 Å². The minimum absolute atomic E-state index is 0.174. The van der Waals surface area contributed by atoms with Gasteiger partial charge in [0.2, 0.25) is 0 Å². The number of ether oxygens (including phenoxy) is 1. The van der Waals surface area contributed by atoms with Crippen molar-refractivity contribution in [2.24, 2.45) is 0 Å². The lowest BCUT2D eigenvalue weighted by Gasteiger charge is -2.29. The molecule has 0 bridgehead atoms. The van der Waals surface area contributed by atoms with E-state index in [1.54, 1.807) is 7.11 Å². The van der Waals surface area contributed by atoms with Gasteiger partial charge in [0.05, 0.1) is 12.5 Å². The van der Waals surface area contributed by atoms with Crippen LogP contribution in [0.5, 0.6) is 5.75 Å². The lowest BCUT2D eigenvalue weighted by Crippen LogP contribution is -2.33. The maximum absolute atomic E-state index is 12.5. The Bertz CT molecular complexity index is 535. The van der Waals surface area contributed by atoms with Crippen LogP contribution in [-0.2, 0) is 10.2 Å². The zero-order valence-corrected chi connectivity index (χ0v) is 11.3. The summed E-state index contributed by atoms with van der Waals surface area (Å²) < 4.78 is 5.14. The Balaban J connectivity index is 2.44. The SMILES string of the molecule is COc1ccc(C2(C)C=CC(C)=C(C)C2=O)cc1. The first-order chi connectivity index (χ1) is 8.49. The van der Waals surface area contributed by atoms with Gasteiger partial charge < -0.3 is 4.74 Å². The Morgan fingerprint density at radius 3 is 2.28 bits per heavy atom. The molecular formula is C16H18O2. The summed E-state index contributed by atoms with van der Waals surface area (Å²) in [6.07, 6.45) is 4.01. The van der Waals surface area contributed by atoms with E-state index in [1.165, 1.54) is 0 Å². The van der Waals surface area contributed by atoms with Gasteiger partial charge >= 0.3 is 0 Å². The number of benzene rings is 1. The molecule has 1 atom stereocenters. The number of methoxy groups -OCH3 is 1. The average molecular weight is 242 g/mol. The van der Waals surface area contributed by atoms with Crippen molar-refractivity contribution in [2.75, 3.05) is 7.11 Å². The van der Waals surface area contributed by atoms with E-state index in [0.29, 0.717) is 0 Å². The molecule has 1 aliphatic carbocycles. The third-order valence-corrected chi connectivity index (χ3v) is 3.76. The summed E-state index contributed by atoms with van der Waals surface area (Å²) in [5.41, 5.74) is 2.33. The second kappa shape index (κ2) is 4.45. The zero-order chi connectivity index (χ0) is 13.3. The highest BCUT2D eigenvalue weighted by Crippen LogP contribution is 2.34. The minimum Gasteiger partial charge on any atom is -0.497 e. The van der Waals surface area contributed by atoms with Gasteiger partial charge in [-0.2, -0.15) is 0 Å². The summed E-state index contributed by atoms with van der Waals surface area (Å²) in [7, 11) is 1.64. The maximum Gasteiger partial charge on any atom is 0.172 e. The molecule has 1 aromatic rings. The highest BCUT2D eigenvalue weighted by molar-refractivity contribution is 6.06. The molecule has 0 spiro atoms. The number of ketones is 1. The summed E-state index contributed by atoms with van der Waals surface area (Å²) in [5.74, 6) is 0.977. The molecule has 0 aliphatic heterocycles. The molecule has 0 N–H and O–H groups in total. The van der Waals surface area contributed by atoms with Crippen molar-refractivity contribution in [2.45, 2.75) is 26.2 Å². The van der Waals surface area contributed by atoms with Gasteiger partial charge in [-0.15, -0.1) is 0 Å². The molecule has 2 heteroatoms. The first kappa shape index (κ1) is 12.6. The van der Waals surface area contributed by atoms with E-state index >= 15 is 0 Å². The Kier molecular flexibility index (Phi) is 3.12. The van der Waals surface area contributed by atoms with Gasteiger partial charge in [-0.25, -0.2) is 0 Å². The molecule has 2 rings (SSSR count). The third kappa shape index (κ3) is 1.88. The van der Waals surface area contributed by atoms with Crippen molar-refractivity contribution in [3.05, 3.63) is 53.1 Å². The summed E-state index contributed by atoms with van der Waals surface area (Å²) in [6.45, 7) is 5.82. The van der Waals surface area contributed by atoms with Crippen molar-refractivity contribution >= 4 is 5.78 Å². The van der Waals surface area contributed by atoms with Crippen LogP contribution in [0.4, 0.5) is 0 Å². The normalized spacial score (nSPS) is 23.4. The molecule has 1 aromatic carbocycles. The lowest BCUT2D eigenvalue weighted by atomic mass is 9.72. The molecule has 1 aliphatic rings. The van der Waals surface area contributed by atoms with Crippen LogP contribution in [0, 0.1) is 0 Å². The highest BCUT2D eigenvalue weighted by Gasteiger charge is 2.35. The first-order valence-corrected chi connectivity index (χ1v) is 6.05.